The SMILES string of the molecule is c1ccc(CC2CN(CC3CCC3)CCCN2)cc1. The Bertz CT molecular complexity index is 372. The molecular weight excluding hydrogens is 232 g/mol. The van der Waals surface area contributed by atoms with Gasteiger partial charge in [-0.25, -0.2) is 0 Å². The summed E-state index contributed by atoms with van der Waals surface area (Å²) in [5.41, 5.74) is 1.46. The normalized spacial score (nSPS) is 25.8. The molecule has 104 valence electrons. The maximum absolute atomic E-state index is 3.73. The molecule has 1 unspecified atom stereocenters. The Morgan fingerprint density at radius 3 is 2.68 bits per heavy atom. The lowest BCUT2D eigenvalue weighted by Crippen LogP contribution is -2.41. The second-order valence-electron chi connectivity index (χ2n) is 6.25. The first kappa shape index (κ1) is 13.1. The van der Waals surface area contributed by atoms with Crippen molar-refractivity contribution in [1.82, 2.24) is 10.2 Å². The largest absolute Gasteiger partial charge is 0.312 e. The van der Waals surface area contributed by atoms with Gasteiger partial charge in [-0.3, -0.25) is 0 Å². The van der Waals surface area contributed by atoms with E-state index in [1.54, 1.807) is 0 Å². The average molecular weight is 258 g/mol. The van der Waals surface area contributed by atoms with Gasteiger partial charge in [0.25, 0.3) is 0 Å². The summed E-state index contributed by atoms with van der Waals surface area (Å²) < 4.78 is 0. The van der Waals surface area contributed by atoms with E-state index >= 15 is 0 Å². The molecule has 1 saturated heterocycles. The van der Waals surface area contributed by atoms with Crippen molar-refractivity contribution in [2.24, 2.45) is 5.92 Å². The van der Waals surface area contributed by atoms with Gasteiger partial charge in [0.15, 0.2) is 0 Å². The van der Waals surface area contributed by atoms with Crippen molar-refractivity contribution in [2.75, 3.05) is 26.2 Å². The van der Waals surface area contributed by atoms with Crippen LogP contribution in [-0.2, 0) is 6.42 Å². The topological polar surface area (TPSA) is 15.3 Å². The minimum atomic E-state index is 0.630. The Hall–Kier alpha value is -0.860. The van der Waals surface area contributed by atoms with E-state index in [9.17, 15) is 0 Å². The summed E-state index contributed by atoms with van der Waals surface area (Å²) >= 11 is 0. The average Bonchev–Trinajstić information content (AvgIpc) is 2.60. The van der Waals surface area contributed by atoms with Crippen molar-refractivity contribution in [3.8, 4) is 0 Å². The fourth-order valence-corrected chi connectivity index (χ4v) is 3.32. The molecule has 0 spiro atoms. The first-order valence-electron chi connectivity index (χ1n) is 7.90. The summed E-state index contributed by atoms with van der Waals surface area (Å²) in [6.07, 6.45) is 6.87. The molecule has 1 aromatic rings. The summed E-state index contributed by atoms with van der Waals surface area (Å²) in [6.45, 7) is 5.03. The molecule has 1 N–H and O–H groups in total. The van der Waals surface area contributed by atoms with Crippen molar-refractivity contribution in [2.45, 2.75) is 38.1 Å². The Morgan fingerprint density at radius 2 is 1.95 bits per heavy atom. The molecule has 1 aromatic carbocycles. The molecule has 1 heterocycles. The van der Waals surface area contributed by atoms with Gasteiger partial charge in [-0.1, -0.05) is 36.8 Å². The van der Waals surface area contributed by atoms with Crippen molar-refractivity contribution in [3.05, 3.63) is 35.9 Å². The molecule has 2 fully saturated rings. The molecule has 0 aromatic heterocycles. The maximum atomic E-state index is 3.73. The fourth-order valence-electron chi connectivity index (χ4n) is 3.32. The standard InChI is InChI=1S/C17H26N2/c1-2-6-15(7-3-1)12-17-14-19(11-5-10-18-17)13-16-8-4-9-16/h1-3,6-7,16-18H,4-5,8-14H2. The van der Waals surface area contributed by atoms with E-state index in [-0.39, 0.29) is 0 Å². The van der Waals surface area contributed by atoms with Gasteiger partial charge in [-0.15, -0.1) is 0 Å². The van der Waals surface area contributed by atoms with Gasteiger partial charge in [0.05, 0.1) is 0 Å². The summed E-state index contributed by atoms with van der Waals surface area (Å²) in [7, 11) is 0. The molecule has 0 radical (unpaired) electrons. The molecule has 2 nitrogen and oxygen atoms in total. The highest BCUT2D eigenvalue weighted by Gasteiger charge is 2.23. The highest BCUT2D eigenvalue weighted by molar-refractivity contribution is 5.16. The van der Waals surface area contributed by atoms with E-state index in [0.717, 1.165) is 5.92 Å². The van der Waals surface area contributed by atoms with Crippen LogP contribution in [0, 0.1) is 5.92 Å². The quantitative estimate of drug-likeness (QED) is 0.893. The number of nitrogens with zero attached hydrogens (tertiary/aromatic N) is 1. The smallest absolute Gasteiger partial charge is 0.0235 e. The second-order valence-corrected chi connectivity index (χ2v) is 6.25. The number of hydrogen-bond acceptors (Lipinski definition) is 2. The summed E-state index contributed by atoms with van der Waals surface area (Å²) in [5, 5.41) is 3.73. The highest BCUT2D eigenvalue weighted by atomic mass is 15.2. The van der Waals surface area contributed by atoms with Crippen LogP contribution in [-0.4, -0.2) is 37.1 Å². The molecule has 1 aliphatic heterocycles. The molecule has 0 bridgehead atoms. The van der Waals surface area contributed by atoms with Gasteiger partial charge in [-0.05, 0) is 50.3 Å². The summed E-state index contributed by atoms with van der Waals surface area (Å²) in [6, 6.07) is 11.5. The summed E-state index contributed by atoms with van der Waals surface area (Å²) in [4.78, 5) is 2.71. The van der Waals surface area contributed by atoms with E-state index in [2.05, 4.69) is 40.5 Å². The molecular formula is C17H26N2. The predicted octanol–water partition coefficient (Wildman–Crippen LogP) is 2.69. The Kier molecular flexibility index (Phi) is 4.52. The summed E-state index contributed by atoms with van der Waals surface area (Å²) in [5.74, 6) is 0.996. The lowest BCUT2D eigenvalue weighted by Gasteiger charge is -2.33. The minimum Gasteiger partial charge on any atom is -0.312 e. The van der Waals surface area contributed by atoms with E-state index in [1.165, 1.54) is 63.8 Å². The van der Waals surface area contributed by atoms with E-state index in [4.69, 9.17) is 0 Å². The molecule has 1 aliphatic carbocycles. The van der Waals surface area contributed by atoms with Gasteiger partial charge >= 0.3 is 0 Å². The Balaban J connectivity index is 1.54. The zero-order chi connectivity index (χ0) is 12.9. The van der Waals surface area contributed by atoms with Crippen LogP contribution < -0.4 is 5.32 Å². The van der Waals surface area contributed by atoms with Crippen LogP contribution in [0.1, 0.15) is 31.2 Å². The molecule has 1 saturated carbocycles. The van der Waals surface area contributed by atoms with E-state index < -0.39 is 0 Å². The van der Waals surface area contributed by atoms with E-state index in [1.807, 2.05) is 0 Å². The van der Waals surface area contributed by atoms with Crippen molar-refractivity contribution >= 4 is 0 Å². The number of rotatable bonds is 4. The van der Waals surface area contributed by atoms with Crippen LogP contribution in [0.4, 0.5) is 0 Å². The van der Waals surface area contributed by atoms with Crippen molar-refractivity contribution < 1.29 is 0 Å². The molecule has 2 heteroatoms. The third kappa shape index (κ3) is 3.80. The van der Waals surface area contributed by atoms with Gasteiger partial charge in [-0.2, -0.15) is 0 Å². The van der Waals surface area contributed by atoms with Crippen molar-refractivity contribution in [3.63, 3.8) is 0 Å². The van der Waals surface area contributed by atoms with E-state index in [0.29, 0.717) is 6.04 Å². The van der Waals surface area contributed by atoms with Gasteiger partial charge in [0.2, 0.25) is 0 Å². The predicted molar refractivity (Wildman–Crippen MR) is 80.3 cm³/mol. The lowest BCUT2D eigenvalue weighted by atomic mass is 9.85. The van der Waals surface area contributed by atoms with Crippen LogP contribution in [0.2, 0.25) is 0 Å². The van der Waals surface area contributed by atoms with Gasteiger partial charge in [0.1, 0.15) is 0 Å². The van der Waals surface area contributed by atoms with Gasteiger partial charge < -0.3 is 10.2 Å². The zero-order valence-corrected chi connectivity index (χ0v) is 11.9. The monoisotopic (exact) mass is 258 g/mol. The Labute approximate surface area is 117 Å². The number of nitrogens with one attached hydrogen (secondary N) is 1. The van der Waals surface area contributed by atoms with Gasteiger partial charge in [0, 0.05) is 19.1 Å². The van der Waals surface area contributed by atoms with Crippen molar-refractivity contribution in [1.29, 1.82) is 0 Å². The van der Waals surface area contributed by atoms with Crippen LogP contribution in [0.3, 0.4) is 0 Å². The van der Waals surface area contributed by atoms with Crippen LogP contribution >= 0.6 is 0 Å². The van der Waals surface area contributed by atoms with Crippen LogP contribution in [0.25, 0.3) is 0 Å². The third-order valence-corrected chi connectivity index (χ3v) is 4.63. The zero-order valence-electron chi connectivity index (χ0n) is 11.9. The lowest BCUT2D eigenvalue weighted by molar-refractivity contribution is 0.175. The fraction of sp³-hybridized carbons (Fsp3) is 0.647. The second kappa shape index (κ2) is 6.53. The molecule has 1 atom stereocenters. The first-order valence-corrected chi connectivity index (χ1v) is 7.90. The number of hydrogen-bond donors (Lipinski definition) is 1. The first-order chi connectivity index (χ1) is 9.40. The molecule has 2 aliphatic rings. The number of benzene rings is 1. The van der Waals surface area contributed by atoms with Crippen LogP contribution in [0.5, 0.6) is 0 Å². The molecule has 3 rings (SSSR count). The molecule has 0 amide bonds. The molecule has 19 heavy (non-hydrogen) atoms. The van der Waals surface area contributed by atoms with Crippen LogP contribution in [0.15, 0.2) is 30.3 Å². The highest BCUT2D eigenvalue weighted by Crippen LogP contribution is 2.27. The Morgan fingerprint density at radius 1 is 1.11 bits per heavy atom. The minimum absolute atomic E-state index is 0.630. The maximum Gasteiger partial charge on any atom is 0.0235 e. The third-order valence-electron chi connectivity index (χ3n) is 4.63.